The number of carbonyl (C=O) groups excluding carboxylic acids is 1. The summed E-state index contributed by atoms with van der Waals surface area (Å²) in [7, 11) is 0. The number of thioether (sulfide) groups is 1. The molecule has 0 saturated heterocycles. The Morgan fingerprint density at radius 1 is 1.29 bits per heavy atom. The summed E-state index contributed by atoms with van der Waals surface area (Å²) in [4.78, 5) is 10.9. The van der Waals surface area contributed by atoms with Crippen molar-refractivity contribution in [1.82, 2.24) is 0 Å². The first-order valence-corrected chi connectivity index (χ1v) is 5.37. The predicted octanol–water partition coefficient (Wildman–Crippen LogP) is 2.36. The first kappa shape index (κ1) is 9.34. The van der Waals surface area contributed by atoms with Gasteiger partial charge in [0.25, 0.3) is 0 Å². The highest BCUT2D eigenvalue weighted by Crippen LogP contribution is 2.20. The average molecular weight is 206 g/mol. The molecule has 0 atom stereocenters. The van der Waals surface area contributed by atoms with Crippen LogP contribution < -0.4 is 0 Å². The lowest BCUT2D eigenvalue weighted by Crippen LogP contribution is -1.92. The molecule has 0 aromatic heterocycles. The van der Waals surface area contributed by atoms with E-state index < -0.39 is 0 Å². The predicted molar refractivity (Wildman–Crippen MR) is 56.8 cm³/mol. The molecule has 1 aliphatic heterocycles. The van der Waals surface area contributed by atoms with Crippen LogP contribution in [0.3, 0.4) is 0 Å². The first-order valence-electron chi connectivity index (χ1n) is 4.38. The lowest BCUT2D eigenvalue weighted by molar-refractivity contribution is -0.107. The largest absolute Gasteiger partial charge is 0.492 e. The van der Waals surface area contributed by atoms with Gasteiger partial charge < -0.3 is 4.74 Å². The van der Waals surface area contributed by atoms with Crippen molar-refractivity contribution < 1.29 is 9.53 Å². The summed E-state index contributed by atoms with van der Waals surface area (Å²) in [6.07, 6.45) is 1.56. The van der Waals surface area contributed by atoms with Crippen molar-refractivity contribution >= 4 is 16.9 Å². The maximum atomic E-state index is 10.9. The van der Waals surface area contributed by atoms with Gasteiger partial charge in [0.2, 0.25) is 5.12 Å². The Balaban J connectivity index is 1.89. The second-order valence-electron chi connectivity index (χ2n) is 2.99. The highest BCUT2D eigenvalue weighted by Gasteiger charge is 2.13. The van der Waals surface area contributed by atoms with Crippen LogP contribution in [0, 0.1) is 0 Å². The van der Waals surface area contributed by atoms with E-state index >= 15 is 0 Å². The summed E-state index contributed by atoms with van der Waals surface area (Å²) in [5, 5.41) is 0.0908. The summed E-state index contributed by atoms with van der Waals surface area (Å²) in [5.74, 6) is 1.45. The summed E-state index contributed by atoms with van der Waals surface area (Å²) < 4.78 is 5.48. The maximum Gasteiger partial charge on any atom is 0.215 e. The normalized spacial score (nSPS) is 15.4. The first-order chi connectivity index (χ1) is 6.84. The molecule has 0 fully saturated rings. The third-order valence-electron chi connectivity index (χ3n) is 1.90. The molecule has 1 aromatic carbocycles. The summed E-state index contributed by atoms with van der Waals surface area (Å²) in [6.45, 7) is 0.542. The van der Waals surface area contributed by atoms with Gasteiger partial charge in [-0.05, 0) is 5.56 Å². The van der Waals surface area contributed by atoms with Crippen LogP contribution in [0.4, 0.5) is 0 Å². The molecular formula is C11H10O2S. The monoisotopic (exact) mass is 206 g/mol. The molecule has 72 valence electrons. The van der Waals surface area contributed by atoms with E-state index in [0.29, 0.717) is 12.4 Å². The second kappa shape index (κ2) is 4.33. The van der Waals surface area contributed by atoms with Crippen LogP contribution in [-0.2, 0) is 16.1 Å². The van der Waals surface area contributed by atoms with Crippen molar-refractivity contribution in [3.05, 3.63) is 47.7 Å². The van der Waals surface area contributed by atoms with Gasteiger partial charge in [-0.15, -0.1) is 0 Å². The fraction of sp³-hybridized carbons (Fsp3) is 0.182. The van der Waals surface area contributed by atoms with Crippen molar-refractivity contribution in [1.29, 1.82) is 0 Å². The van der Waals surface area contributed by atoms with Crippen LogP contribution >= 0.6 is 11.8 Å². The van der Waals surface area contributed by atoms with Gasteiger partial charge in [-0.2, -0.15) is 0 Å². The molecule has 1 aliphatic rings. The number of ether oxygens (including phenoxy) is 1. The van der Waals surface area contributed by atoms with E-state index in [1.807, 2.05) is 30.3 Å². The number of benzene rings is 1. The van der Waals surface area contributed by atoms with E-state index in [4.69, 9.17) is 4.74 Å². The number of hydrogen-bond donors (Lipinski definition) is 0. The number of rotatable bonds is 3. The number of hydrogen-bond acceptors (Lipinski definition) is 3. The molecule has 0 amide bonds. The Labute approximate surface area is 87.0 Å². The van der Waals surface area contributed by atoms with E-state index in [9.17, 15) is 4.79 Å². The number of carbonyl (C=O) groups is 1. The summed E-state index contributed by atoms with van der Waals surface area (Å²) in [5.41, 5.74) is 1.12. The van der Waals surface area contributed by atoms with Gasteiger partial charge in [0.15, 0.2) is 0 Å². The molecule has 3 heteroatoms. The molecule has 14 heavy (non-hydrogen) atoms. The summed E-state index contributed by atoms with van der Waals surface area (Å²) >= 11 is 1.28. The Morgan fingerprint density at radius 3 is 2.71 bits per heavy atom. The van der Waals surface area contributed by atoms with Crippen LogP contribution in [0.2, 0.25) is 0 Å². The van der Waals surface area contributed by atoms with E-state index in [-0.39, 0.29) is 5.12 Å². The molecular weight excluding hydrogens is 196 g/mol. The van der Waals surface area contributed by atoms with Gasteiger partial charge in [0, 0.05) is 6.08 Å². The van der Waals surface area contributed by atoms with E-state index in [2.05, 4.69) is 0 Å². The zero-order valence-corrected chi connectivity index (χ0v) is 8.42. The van der Waals surface area contributed by atoms with Crippen LogP contribution in [0.15, 0.2) is 42.2 Å². The molecule has 0 N–H and O–H groups in total. The zero-order valence-electron chi connectivity index (χ0n) is 7.60. The highest BCUT2D eigenvalue weighted by atomic mass is 32.2. The van der Waals surface area contributed by atoms with Gasteiger partial charge in [-0.25, -0.2) is 0 Å². The summed E-state index contributed by atoms with van der Waals surface area (Å²) in [6, 6.07) is 9.93. The van der Waals surface area contributed by atoms with E-state index in [1.165, 1.54) is 11.8 Å². The Morgan fingerprint density at radius 2 is 2.07 bits per heavy atom. The van der Waals surface area contributed by atoms with Gasteiger partial charge >= 0.3 is 0 Å². The fourth-order valence-corrected chi connectivity index (χ4v) is 1.86. The smallest absolute Gasteiger partial charge is 0.215 e. The van der Waals surface area contributed by atoms with Crippen LogP contribution in [0.25, 0.3) is 0 Å². The van der Waals surface area contributed by atoms with Crippen molar-refractivity contribution in [3.8, 4) is 0 Å². The third kappa shape index (κ3) is 2.39. The van der Waals surface area contributed by atoms with Gasteiger partial charge in [-0.3, -0.25) is 4.79 Å². The Kier molecular flexibility index (Phi) is 2.89. The van der Waals surface area contributed by atoms with Crippen LogP contribution in [0.5, 0.6) is 0 Å². The molecule has 0 saturated carbocycles. The van der Waals surface area contributed by atoms with Crippen molar-refractivity contribution in [2.45, 2.75) is 6.61 Å². The average Bonchev–Trinajstić information content (AvgIpc) is 2.63. The van der Waals surface area contributed by atoms with Gasteiger partial charge in [-0.1, -0.05) is 42.1 Å². The minimum atomic E-state index is 0.0908. The molecule has 0 bridgehead atoms. The standard InChI is InChI=1S/C11H10O2S/c12-11-6-10(8-14-11)13-7-9-4-2-1-3-5-9/h1-6H,7-8H2. The molecule has 1 heterocycles. The third-order valence-corrected chi connectivity index (χ3v) is 2.73. The lowest BCUT2D eigenvalue weighted by Gasteiger charge is -2.05. The fourth-order valence-electron chi connectivity index (χ4n) is 1.19. The molecule has 1 aromatic rings. The van der Waals surface area contributed by atoms with Crippen LogP contribution in [0.1, 0.15) is 5.56 Å². The zero-order chi connectivity index (χ0) is 9.80. The Bertz CT molecular complexity index is 357. The van der Waals surface area contributed by atoms with E-state index in [0.717, 1.165) is 11.3 Å². The molecule has 0 radical (unpaired) electrons. The lowest BCUT2D eigenvalue weighted by atomic mass is 10.2. The second-order valence-corrected chi connectivity index (χ2v) is 3.97. The minimum Gasteiger partial charge on any atom is -0.492 e. The van der Waals surface area contributed by atoms with Crippen molar-refractivity contribution in [2.75, 3.05) is 5.75 Å². The molecule has 2 rings (SSSR count). The van der Waals surface area contributed by atoms with Crippen LogP contribution in [-0.4, -0.2) is 10.9 Å². The van der Waals surface area contributed by atoms with Gasteiger partial charge in [0.05, 0.1) is 5.75 Å². The Hall–Kier alpha value is -1.22. The highest BCUT2D eigenvalue weighted by molar-refractivity contribution is 8.14. The quantitative estimate of drug-likeness (QED) is 0.759. The minimum absolute atomic E-state index is 0.0908. The molecule has 2 nitrogen and oxygen atoms in total. The van der Waals surface area contributed by atoms with Crippen molar-refractivity contribution in [2.24, 2.45) is 0 Å². The van der Waals surface area contributed by atoms with Gasteiger partial charge in [0.1, 0.15) is 12.4 Å². The molecule has 0 aliphatic carbocycles. The molecule has 0 spiro atoms. The van der Waals surface area contributed by atoms with Crippen molar-refractivity contribution in [3.63, 3.8) is 0 Å². The maximum absolute atomic E-state index is 10.9. The SMILES string of the molecule is O=C1C=C(OCc2ccccc2)CS1. The van der Waals surface area contributed by atoms with E-state index in [1.54, 1.807) is 6.08 Å². The molecule has 0 unspecified atom stereocenters. The topological polar surface area (TPSA) is 26.3 Å².